The van der Waals surface area contributed by atoms with Crippen LogP contribution in [0.4, 0.5) is 25.0 Å². The number of anilines is 2. The molecule has 0 unspecified atom stereocenters. The summed E-state index contributed by atoms with van der Waals surface area (Å²) in [6.07, 6.45) is -6.83. The van der Waals surface area contributed by atoms with Gasteiger partial charge in [-0.2, -0.15) is 0 Å². The second kappa shape index (κ2) is 19.8. The zero-order chi connectivity index (χ0) is 55.2. The van der Waals surface area contributed by atoms with Gasteiger partial charge < -0.3 is 65.7 Å². The topological polar surface area (TPSA) is 326 Å². The van der Waals surface area contributed by atoms with E-state index in [2.05, 4.69) is 25.7 Å². The Labute approximate surface area is 441 Å². The van der Waals surface area contributed by atoms with E-state index in [-0.39, 0.29) is 73.1 Å². The van der Waals surface area contributed by atoms with E-state index >= 15 is 8.78 Å². The number of benzene rings is 2. The van der Waals surface area contributed by atoms with Crippen molar-refractivity contribution in [3.8, 4) is 5.75 Å². The molecule has 2 aromatic rings. The first-order valence-corrected chi connectivity index (χ1v) is 25.9. The lowest BCUT2D eigenvalue weighted by Gasteiger charge is -2.70. The van der Waals surface area contributed by atoms with Gasteiger partial charge in [-0.05, 0) is 128 Å². The largest absolute Gasteiger partial charge is 0.479 e. The zero-order valence-electron chi connectivity index (χ0n) is 42.5. The summed E-state index contributed by atoms with van der Waals surface area (Å²) in [5, 5.41) is 70.9. The highest BCUT2D eigenvalue weighted by atomic mass is 19.1. The van der Waals surface area contributed by atoms with Crippen LogP contribution in [0.25, 0.3) is 0 Å². The molecule has 23 heteroatoms. The van der Waals surface area contributed by atoms with Gasteiger partial charge in [-0.25, -0.2) is 24.3 Å². The SMILES string of the molecule is C[C@]12C=CC(=O)C=C1[C@@H](F)C[C@H]1[C@@H]3C[C@H]4CN(c5ccc(CC67CC(NC(=O)OCc8ccc(O[C@@H]9O[C@H](C(=O)O)[C@@H](O)[C@H](O)[C@H]9O)c(NC(=O)CCNC(=O)CON)c8)(C6)C7)cc5)C[C@@]4(C(=O)CO)[C@@]3(C)C[C@H](O)[C@@]12F. The van der Waals surface area contributed by atoms with Crippen molar-refractivity contribution >= 4 is 46.8 Å². The molecule has 416 valence electrons. The van der Waals surface area contributed by atoms with E-state index in [0.717, 1.165) is 23.7 Å². The van der Waals surface area contributed by atoms with Gasteiger partial charge in [-0.15, -0.1) is 0 Å². The van der Waals surface area contributed by atoms with Crippen molar-refractivity contribution in [3.63, 3.8) is 0 Å². The summed E-state index contributed by atoms with van der Waals surface area (Å²) >= 11 is 0. The van der Waals surface area contributed by atoms with Crippen molar-refractivity contribution < 1.29 is 87.2 Å². The summed E-state index contributed by atoms with van der Waals surface area (Å²) in [6, 6.07) is 12.3. The van der Waals surface area contributed by atoms with Gasteiger partial charge in [0.2, 0.25) is 18.1 Å². The Morgan fingerprint density at radius 3 is 2.34 bits per heavy atom. The molecule has 0 aromatic heterocycles. The van der Waals surface area contributed by atoms with Crippen LogP contribution < -0.4 is 31.5 Å². The standard InChI is InChI=1S/C54H65F2N5O16/c1-49-11-9-31(63)15-34(49)35(55)16-33-32-14-29-19-61(26-53(29,39(65)20-62)50(32,2)18-38(64)54(33,49)56)30-6-3-27(4-7-30)17-51-23-52(24-51,25-51)60-48(73)74-21-28-5-8-37(36(13-28)59-40(66)10-12-58-41(67)22-75-57)76-47-44(70)42(68)43(69)45(77-47)46(71)72/h3-9,11,13,15,29,32-33,35,38,42-45,47,62,64,68-70H,10,12,14,16-26,57H2,1-2H3,(H,58,67)(H,59,66)(H,60,73)(H,71,72)/t29-,32-,33-,35-,38-,42-,43-,44+,45-,47+,49-,50-,51?,52?,53+,54-/m0/s1. The summed E-state index contributed by atoms with van der Waals surface area (Å²) in [5.41, 5.74) is -4.06. The van der Waals surface area contributed by atoms with Gasteiger partial charge in [0.05, 0.1) is 17.2 Å². The number of aliphatic hydroxyl groups excluding tert-OH is 5. The highest BCUT2D eigenvalue weighted by Gasteiger charge is 2.78. The number of carbonyl (C=O) groups excluding carboxylic acids is 5. The van der Waals surface area contributed by atoms with Crippen molar-refractivity contribution in [1.29, 1.82) is 0 Å². The van der Waals surface area contributed by atoms with E-state index in [9.17, 15) is 59.4 Å². The molecule has 21 nitrogen and oxygen atoms in total. The molecule has 3 amide bonds. The average molecular weight is 1080 g/mol. The maximum atomic E-state index is 17.9. The second-order valence-electron chi connectivity index (χ2n) is 23.2. The van der Waals surface area contributed by atoms with E-state index in [1.165, 1.54) is 30.4 Å². The van der Waals surface area contributed by atoms with Gasteiger partial charge in [0.25, 0.3) is 0 Å². The first-order chi connectivity index (χ1) is 36.4. The smallest absolute Gasteiger partial charge is 0.407 e. The van der Waals surface area contributed by atoms with E-state index < -0.39 is 125 Å². The Balaban J connectivity index is 0.747. The number of carbonyl (C=O) groups is 6. The maximum Gasteiger partial charge on any atom is 0.407 e. The Kier molecular flexibility index (Phi) is 14.0. The van der Waals surface area contributed by atoms with Gasteiger partial charge in [-0.1, -0.05) is 31.2 Å². The number of halogens is 2. The third-order valence-electron chi connectivity index (χ3n) is 18.8. The number of ether oxygens (including phenoxy) is 3. The van der Waals surface area contributed by atoms with Gasteiger partial charge >= 0.3 is 12.1 Å². The molecule has 2 aliphatic heterocycles. The predicted molar refractivity (Wildman–Crippen MR) is 265 cm³/mol. The number of rotatable bonds is 17. The normalized spacial score (nSPS) is 39.1. The Hall–Kier alpha value is -5.92. The van der Waals surface area contributed by atoms with Crippen LogP contribution in [0.2, 0.25) is 0 Å². The minimum Gasteiger partial charge on any atom is -0.479 e. The molecule has 0 radical (unpaired) electrons. The molecule has 2 heterocycles. The minimum absolute atomic E-state index is 0.0278. The number of nitrogens with one attached hydrogen (secondary N) is 3. The number of fused-ring (bicyclic) bond motifs is 7. The van der Waals surface area contributed by atoms with Crippen LogP contribution in [0.3, 0.4) is 0 Å². The Morgan fingerprint density at radius 1 is 0.935 bits per heavy atom. The lowest BCUT2D eigenvalue weighted by molar-refractivity contribution is -0.271. The molecule has 14 atom stereocenters. The highest BCUT2D eigenvalue weighted by Crippen LogP contribution is 2.75. The number of alkyl halides is 2. The van der Waals surface area contributed by atoms with Crippen molar-refractivity contribution in [1.82, 2.24) is 10.6 Å². The fourth-order valence-corrected chi connectivity index (χ4v) is 15.4. The summed E-state index contributed by atoms with van der Waals surface area (Å²) in [5.74, 6) is -0.530. The van der Waals surface area contributed by atoms with Gasteiger partial charge in [0, 0.05) is 48.6 Å². The van der Waals surface area contributed by atoms with E-state index in [1.54, 1.807) is 6.92 Å². The molecule has 77 heavy (non-hydrogen) atoms. The van der Waals surface area contributed by atoms with Gasteiger partial charge in [-0.3, -0.25) is 24.0 Å². The molecular weight excluding hydrogens is 1010 g/mol. The van der Waals surface area contributed by atoms with Gasteiger partial charge in [0.15, 0.2) is 23.3 Å². The molecule has 2 saturated heterocycles. The number of alkyl carbamates (subject to hydrolysis) is 1. The fourth-order valence-electron chi connectivity index (χ4n) is 15.4. The molecule has 11 rings (SSSR count). The lowest BCUT2D eigenvalue weighted by atomic mass is 9.38. The van der Waals surface area contributed by atoms with Crippen LogP contribution in [-0.4, -0.2) is 153 Å². The van der Waals surface area contributed by atoms with Crippen molar-refractivity contribution in [2.75, 3.05) is 43.1 Å². The molecule has 9 aliphatic rings. The zero-order valence-corrected chi connectivity index (χ0v) is 42.5. The quantitative estimate of drug-likeness (QED) is 0.101. The first kappa shape index (κ1) is 54.4. The number of hydrogen-bond donors (Lipinski definition) is 10. The Morgan fingerprint density at radius 2 is 1.65 bits per heavy atom. The van der Waals surface area contributed by atoms with Gasteiger partial charge in [0.1, 0.15) is 50.1 Å². The number of ketones is 2. The van der Waals surface area contributed by atoms with Crippen LogP contribution in [0, 0.1) is 39.4 Å². The maximum absolute atomic E-state index is 17.9. The van der Waals surface area contributed by atoms with Crippen molar-refractivity contribution in [3.05, 3.63) is 77.4 Å². The third kappa shape index (κ3) is 8.90. The number of aliphatic carboxylic acids is 1. The lowest BCUT2D eigenvalue weighted by Crippen LogP contribution is -2.75. The van der Waals surface area contributed by atoms with Crippen molar-refractivity contribution in [2.45, 2.75) is 126 Å². The first-order valence-electron chi connectivity index (χ1n) is 25.9. The molecule has 2 bridgehead atoms. The summed E-state index contributed by atoms with van der Waals surface area (Å²) < 4.78 is 50.5. The van der Waals surface area contributed by atoms with E-state index in [4.69, 9.17) is 20.1 Å². The number of hydrogen-bond acceptors (Lipinski definition) is 17. The van der Waals surface area contributed by atoms with Crippen LogP contribution >= 0.6 is 0 Å². The number of allylic oxidation sites excluding steroid dienone is 4. The third-order valence-corrected chi connectivity index (χ3v) is 18.8. The molecule has 6 saturated carbocycles. The van der Waals surface area contributed by atoms with E-state index in [1.807, 2.05) is 31.2 Å². The van der Waals surface area contributed by atoms with Crippen molar-refractivity contribution in [2.24, 2.45) is 45.3 Å². The Bertz CT molecular complexity index is 2780. The number of nitrogens with two attached hydrogens (primary N) is 1. The number of aliphatic hydroxyl groups is 5. The molecule has 8 fully saturated rings. The molecule has 11 N–H and O–H groups in total. The summed E-state index contributed by atoms with van der Waals surface area (Å²) in [7, 11) is 0. The molecule has 2 aromatic carbocycles. The fraction of sp³-hybridized carbons (Fsp3) is 0.593. The van der Waals surface area contributed by atoms with Crippen LogP contribution in [0.1, 0.15) is 69.9 Å². The van der Waals surface area contributed by atoms with Crippen LogP contribution in [0.15, 0.2) is 66.3 Å². The molecule has 7 aliphatic carbocycles. The predicted octanol–water partition coefficient (Wildman–Crippen LogP) is 1.60. The second-order valence-corrected chi connectivity index (χ2v) is 23.2. The summed E-state index contributed by atoms with van der Waals surface area (Å²) in [6.45, 7) is 2.63. The highest BCUT2D eigenvalue weighted by molar-refractivity contribution is 6.01. The van der Waals surface area contributed by atoms with Crippen LogP contribution in [0.5, 0.6) is 5.75 Å². The number of carboxylic acids is 1. The van der Waals surface area contributed by atoms with E-state index in [0.29, 0.717) is 37.8 Å². The number of amides is 3. The summed E-state index contributed by atoms with van der Waals surface area (Å²) in [4.78, 5) is 82.4. The minimum atomic E-state index is -2.27. The monoisotopic (exact) mass is 1080 g/mol. The molecule has 0 spiro atoms. The average Bonchev–Trinajstić information content (AvgIpc) is 4.00. The molecular formula is C54H65F2N5O16. The number of nitrogens with zero attached hydrogens (tertiary/aromatic N) is 1. The number of Topliss-reactive ketones (excluding diaryl/α,β-unsaturated/α-hetero) is 1. The number of carboxylic acid groups (broad SMARTS) is 1. The van der Waals surface area contributed by atoms with Crippen LogP contribution in [-0.2, 0) is 51.3 Å².